The molecule has 0 atom stereocenters. The number of rotatable bonds is 6. The zero-order valence-electron chi connectivity index (χ0n) is 16.1. The molecule has 0 bridgehead atoms. The molecular formula is C20H19Cl2F3N4O2. The fourth-order valence-corrected chi connectivity index (χ4v) is 2.52. The summed E-state index contributed by atoms with van der Waals surface area (Å²) in [5.74, 6) is 0.202. The summed E-state index contributed by atoms with van der Waals surface area (Å²) in [5, 5.41) is 5.51. The largest absolute Gasteiger partial charge is 0.481 e. The molecular weight excluding hydrogens is 456 g/mol. The van der Waals surface area contributed by atoms with Crippen LogP contribution in [0.1, 0.15) is 21.5 Å². The highest BCUT2D eigenvalue weighted by Crippen LogP contribution is 2.30. The molecule has 3 aromatic rings. The number of carbonyl (C=O) groups excluding carboxylic acids is 1. The van der Waals surface area contributed by atoms with E-state index in [1.807, 2.05) is 6.07 Å². The second-order valence-corrected chi connectivity index (χ2v) is 5.99. The van der Waals surface area contributed by atoms with Gasteiger partial charge in [0.15, 0.2) is 0 Å². The third-order valence-electron chi connectivity index (χ3n) is 3.97. The lowest BCUT2D eigenvalue weighted by molar-refractivity contribution is -0.137. The van der Waals surface area contributed by atoms with Crippen molar-refractivity contribution in [1.82, 2.24) is 9.97 Å². The van der Waals surface area contributed by atoms with E-state index in [0.717, 1.165) is 17.7 Å². The van der Waals surface area contributed by atoms with Crippen LogP contribution in [0.2, 0.25) is 0 Å². The number of nitrogens with one attached hydrogen (secondary N) is 2. The molecule has 0 saturated heterocycles. The molecule has 31 heavy (non-hydrogen) atoms. The Morgan fingerprint density at radius 3 is 2.48 bits per heavy atom. The molecule has 2 N–H and O–H groups in total. The molecule has 0 spiro atoms. The van der Waals surface area contributed by atoms with E-state index >= 15 is 0 Å². The van der Waals surface area contributed by atoms with Gasteiger partial charge in [0, 0.05) is 30.7 Å². The van der Waals surface area contributed by atoms with Crippen molar-refractivity contribution in [2.45, 2.75) is 12.7 Å². The highest BCUT2D eigenvalue weighted by Gasteiger charge is 2.30. The number of alkyl halides is 3. The van der Waals surface area contributed by atoms with Crippen molar-refractivity contribution < 1.29 is 22.7 Å². The lowest BCUT2D eigenvalue weighted by Crippen LogP contribution is -2.16. The van der Waals surface area contributed by atoms with Crippen molar-refractivity contribution in [3.8, 4) is 5.88 Å². The summed E-state index contributed by atoms with van der Waals surface area (Å²) in [7, 11) is 1.52. The lowest BCUT2D eigenvalue weighted by Gasteiger charge is -2.12. The van der Waals surface area contributed by atoms with E-state index in [1.165, 1.54) is 31.5 Å². The molecule has 0 fully saturated rings. The van der Waals surface area contributed by atoms with Crippen LogP contribution in [0.15, 0.2) is 60.9 Å². The van der Waals surface area contributed by atoms with E-state index in [-0.39, 0.29) is 36.1 Å². The average molecular weight is 475 g/mol. The minimum atomic E-state index is -4.49. The highest BCUT2D eigenvalue weighted by atomic mass is 35.5. The fourth-order valence-electron chi connectivity index (χ4n) is 2.52. The van der Waals surface area contributed by atoms with Crippen LogP contribution in [-0.2, 0) is 12.7 Å². The molecule has 0 saturated carbocycles. The number of nitrogens with zero attached hydrogens (tertiary/aromatic N) is 2. The number of benzene rings is 1. The first-order valence-electron chi connectivity index (χ1n) is 8.53. The number of anilines is 2. The Bertz CT molecular complexity index is 1000. The summed E-state index contributed by atoms with van der Waals surface area (Å²) in [4.78, 5) is 20.8. The van der Waals surface area contributed by atoms with E-state index in [1.54, 1.807) is 18.3 Å². The summed E-state index contributed by atoms with van der Waals surface area (Å²) in [5.41, 5.74) is 0.234. The summed E-state index contributed by atoms with van der Waals surface area (Å²) < 4.78 is 43.6. The second-order valence-electron chi connectivity index (χ2n) is 5.99. The van der Waals surface area contributed by atoms with Gasteiger partial charge in [0.05, 0.1) is 18.2 Å². The normalized spacial score (nSPS) is 10.3. The van der Waals surface area contributed by atoms with Gasteiger partial charge in [-0.1, -0.05) is 12.1 Å². The van der Waals surface area contributed by atoms with Gasteiger partial charge in [-0.2, -0.15) is 13.2 Å². The first-order chi connectivity index (χ1) is 13.9. The molecule has 0 radical (unpaired) electrons. The third kappa shape index (κ3) is 7.01. The van der Waals surface area contributed by atoms with Crippen LogP contribution in [0.25, 0.3) is 0 Å². The Labute approximate surface area is 189 Å². The quantitative estimate of drug-likeness (QED) is 0.512. The second kappa shape index (κ2) is 11.4. The van der Waals surface area contributed by atoms with Crippen LogP contribution in [0.5, 0.6) is 5.88 Å². The van der Waals surface area contributed by atoms with Gasteiger partial charge < -0.3 is 15.4 Å². The van der Waals surface area contributed by atoms with Crippen LogP contribution in [-0.4, -0.2) is 23.0 Å². The van der Waals surface area contributed by atoms with Crippen LogP contribution >= 0.6 is 24.8 Å². The number of amides is 1. The van der Waals surface area contributed by atoms with E-state index < -0.39 is 17.6 Å². The van der Waals surface area contributed by atoms with E-state index in [4.69, 9.17) is 4.74 Å². The monoisotopic (exact) mass is 474 g/mol. The maximum Gasteiger partial charge on any atom is 0.416 e. The number of methoxy groups -OCH3 is 1. The molecule has 2 heterocycles. The molecule has 6 nitrogen and oxygen atoms in total. The summed E-state index contributed by atoms with van der Waals surface area (Å²) in [6.45, 7) is 0.345. The summed E-state index contributed by atoms with van der Waals surface area (Å²) >= 11 is 0. The molecule has 0 unspecified atom stereocenters. The number of pyridine rings is 2. The fraction of sp³-hybridized carbons (Fsp3) is 0.150. The summed E-state index contributed by atoms with van der Waals surface area (Å²) in [6, 6.07) is 11.1. The number of halogens is 5. The smallest absolute Gasteiger partial charge is 0.416 e. The minimum Gasteiger partial charge on any atom is -0.481 e. The molecule has 11 heteroatoms. The zero-order valence-corrected chi connectivity index (χ0v) is 17.8. The molecule has 0 aliphatic carbocycles. The van der Waals surface area contributed by atoms with Crippen molar-refractivity contribution >= 4 is 42.2 Å². The van der Waals surface area contributed by atoms with E-state index in [9.17, 15) is 18.0 Å². The van der Waals surface area contributed by atoms with Gasteiger partial charge >= 0.3 is 6.18 Å². The first kappa shape index (κ1) is 26.0. The predicted molar refractivity (Wildman–Crippen MR) is 116 cm³/mol. The minimum absolute atomic E-state index is 0. The first-order valence-corrected chi connectivity index (χ1v) is 8.53. The topological polar surface area (TPSA) is 76.1 Å². The number of hydrogen-bond donors (Lipinski definition) is 2. The van der Waals surface area contributed by atoms with Crippen LogP contribution in [0.4, 0.5) is 24.7 Å². The predicted octanol–water partition coefficient (Wildman–Crippen LogP) is 5.21. The number of aromatic nitrogens is 2. The van der Waals surface area contributed by atoms with Gasteiger partial charge in [-0.15, -0.1) is 24.8 Å². The number of hydrogen-bond acceptors (Lipinski definition) is 5. The van der Waals surface area contributed by atoms with Gasteiger partial charge in [0.1, 0.15) is 5.82 Å². The van der Waals surface area contributed by atoms with E-state index in [0.29, 0.717) is 18.2 Å². The van der Waals surface area contributed by atoms with Crippen LogP contribution in [0.3, 0.4) is 0 Å². The van der Waals surface area contributed by atoms with Crippen molar-refractivity contribution in [2.24, 2.45) is 0 Å². The maximum atomic E-state index is 12.9. The van der Waals surface area contributed by atoms with E-state index in [2.05, 4.69) is 20.6 Å². The molecule has 0 aliphatic rings. The number of ether oxygens (including phenoxy) is 1. The van der Waals surface area contributed by atoms with Gasteiger partial charge in [0.2, 0.25) is 5.88 Å². The Hall–Kier alpha value is -3.04. The molecule has 1 amide bonds. The van der Waals surface area contributed by atoms with Crippen LogP contribution in [0, 0.1) is 0 Å². The van der Waals surface area contributed by atoms with Gasteiger partial charge in [-0.3, -0.25) is 4.79 Å². The Morgan fingerprint density at radius 2 is 1.84 bits per heavy atom. The molecule has 2 aromatic heterocycles. The average Bonchev–Trinajstić information content (AvgIpc) is 2.72. The van der Waals surface area contributed by atoms with Crippen molar-refractivity contribution in [1.29, 1.82) is 0 Å². The van der Waals surface area contributed by atoms with Crippen LogP contribution < -0.4 is 15.4 Å². The molecule has 0 aliphatic heterocycles. The summed E-state index contributed by atoms with van der Waals surface area (Å²) in [6.07, 6.45) is -1.36. The van der Waals surface area contributed by atoms with Gasteiger partial charge in [-0.05, 0) is 35.9 Å². The van der Waals surface area contributed by atoms with Gasteiger partial charge in [0.25, 0.3) is 5.91 Å². The zero-order chi connectivity index (χ0) is 20.9. The van der Waals surface area contributed by atoms with Gasteiger partial charge in [-0.25, -0.2) is 9.97 Å². The number of carbonyl (C=O) groups is 1. The third-order valence-corrected chi connectivity index (χ3v) is 3.97. The highest BCUT2D eigenvalue weighted by molar-refractivity contribution is 6.07. The maximum absolute atomic E-state index is 12.9. The van der Waals surface area contributed by atoms with Crippen molar-refractivity contribution in [2.75, 3.05) is 17.7 Å². The SMILES string of the molecule is COc1ccc(CNc2ncccc2C(=O)Nc2cccc(C(F)(F)F)c2)cn1.Cl.Cl. The van der Waals surface area contributed by atoms with Crippen molar-refractivity contribution in [3.05, 3.63) is 77.6 Å². The van der Waals surface area contributed by atoms with Crippen molar-refractivity contribution in [3.63, 3.8) is 0 Å². The Kier molecular flexibility index (Phi) is 9.54. The Balaban J connectivity index is 0.00000240. The standard InChI is InChI=1S/C20H17F3N4O2.2ClH/c1-29-17-8-7-13(11-25-17)12-26-18-16(6-3-9-24-18)19(28)27-15-5-2-4-14(10-15)20(21,22)23;;/h2-11H,12H2,1H3,(H,24,26)(H,27,28);2*1H. The molecule has 166 valence electrons. The Morgan fingerprint density at radius 1 is 1.06 bits per heavy atom. The lowest BCUT2D eigenvalue weighted by atomic mass is 10.1. The molecule has 3 rings (SSSR count). The molecule has 1 aromatic carbocycles.